The van der Waals surface area contributed by atoms with Crippen LogP contribution in [0.3, 0.4) is 0 Å². The minimum Gasteiger partial charge on any atom is -0.370 e. The second-order valence-corrected chi connectivity index (χ2v) is 4.73. The molecule has 0 bridgehead atoms. The van der Waals surface area contributed by atoms with Crippen LogP contribution in [0.4, 0.5) is 0 Å². The molecule has 0 saturated carbocycles. The van der Waals surface area contributed by atoms with Crippen molar-refractivity contribution >= 4 is 11.7 Å². The summed E-state index contributed by atoms with van der Waals surface area (Å²) in [4.78, 5) is 6.71. The number of hydrogen-bond donors (Lipinski definition) is 0. The third-order valence-electron chi connectivity index (χ3n) is 2.91. The smallest absolute Gasteiger partial charge is 0.171 e. The van der Waals surface area contributed by atoms with Crippen LogP contribution in [0.15, 0.2) is 35.7 Å². The van der Waals surface area contributed by atoms with Gasteiger partial charge in [-0.25, -0.2) is 14.4 Å². The van der Waals surface area contributed by atoms with Gasteiger partial charge in [-0.2, -0.15) is 10.2 Å². The molecule has 19 heavy (non-hydrogen) atoms. The van der Waals surface area contributed by atoms with Gasteiger partial charge in [0.2, 0.25) is 0 Å². The molecule has 0 fully saturated rings. The lowest BCUT2D eigenvalue weighted by Crippen LogP contribution is -2.31. The Bertz CT molecular complexity index is 660. The predicted molar refractivity (Wildman–Crippen MR) is 73.7 cm³/mol. The van der Waals surface area contributed by atoms with E-state index >= 15 is 0 Å². The maximum Gasteiger partial charge on any atom is 0.171 e. The molecule has 0 N–H and O–H groups in total. The summed E-state index contributed by atoms with van der Waals surface area (Å²) in [7, 11) is 2.02. The lowest BCUT2D eigenvalue weighted by Gasteiger charge is -2.21. The maximum absolute atomic E-state index is 4.64. The van der Waals surface area contributed by atoms with E-state index in [0.29, 0.717) is 0 Å². The first-order chi connectivity index (χ1) is 9.11. The van der Waals surface area contributed by atoms with Crippen LogP contribution in [-0.2, 0) is 0 Å². The van der Waals surface area contributed by atoms with Crippen LogP contribution in [0.2, 0.25) is 0 Å². The van der Waals surface area contributed by atoms with Crippen LogP contribution >= 0.6 is 0 Å². The van der Waals surface area contributed by atoms with Gasteiger partial charge in [0.1, 0.15) is 0 Å². The van der Waals surface area contributed by atoms with Crippen molar-refractivity contribution in [1.29, 1.82) is 0 Å². The molecule has 0 aliphatic carbocycles. The van der Waals surface area contributed by atoms with E-state index in [1.54, 1.807) is 4.68 Å². The van der Waals surface area contributed by atoms with E-state index in [1.807, 2.05) is 56.3 Å². The molecule has 0 amide bonds. The Morgan fingerprint density at radius 2 is 1.63 bits per heavy atom. The highest BCUT2D eigenvalue weighted by Crippen LogP contribution is 2.13. The molecule has 1 aliphatic heterocycles. The highest BCUT2D eigenvalue weighted by Gasteiger charge is 2.15. The normalized spacial score (nSPS) is 15.4. The van der Waals surface area contributed by atoms with E-state index in [2.05, 4.69) is 20.1 Å². The first-order valence-corrected chi connectivity index (χ1v) is 6.17. The van der Waals surface area contributed by atoms with E-state index in [0.717, 1.165) is 29.6 Å². The Morgan fingerprint density at radius 1 is 1.00 bits per heavy atom. The summed E-state index contributed by atoms with van der Waals surface area (Å²) in [5, 5.41) is 8.79. The van der Waals surface area contributed by atoms with Crippen LogP contribution < -0.4 is 0 Å². The zero-order chi connectivity index (χ0) is 13.4. The molecule has 98 valence electrons. The van der Waals surface area contributed by atoms with Gasteiger partial charge in [0.15, 0.2) is 11.7 Å². The molecule has 6 nitrogen and oxygen atoms in total. The fourth-order valence-corrected chi connectivity index (χ4v) is 2.00. The van der Waals surface area contributed by atoms with Crippen molar-refractivity contribution in [3.05, 3.63) is 42.1 Å². The average Bonchev–Trinajstić information content (AvgIpc) is 2.97. The molecule has 0 aromatic carbocycles. The highest BCUT2D eigenvalue weighted by molar-refractivity contribution is 5.90. The molecule has 0 saturated heterocycles. The van der Waals surface area contributed by atoms with Gasteiger partial charge in [0.25, 0.3) is 0 Å². The highest BCUT2D eigenvalue weighted by atomic mass is 15.4. The summed E-state index contributed by atoms with van der Waals surface area (Å²) in [6.45, 7) is 4.66. The topological polar surface area (TPSA) is 51.2 Å². The number of rotatable bonds is 1. The molecule has 0 atom stereocenters. The first-order valence-electron chi connectivity index (χ1n) is 6.17. The number of nitrogens with zero attached hydrogens (tertiary/aromatic N) is 6. The Balaban J connectivity index is 1.99. The molecule has 0 radical (unpaired) electrons. The van der Waals surface area contributed by atoms with Gasteiger partial charge in [-0.1, -0.05) is 0 Å². The van der Waals surface area contributed by atoms with Gasteiger partial charge in [0.05, 0.1) is 17.9 Å². The van der Waals surface area contributed by atoms with Gasteiger partial charge in [0, 0.05) is 25.6 Å². The minimum atomic E-state index is 0.727. The van der Waals surface area contributed by atoms with E-state index in [9.17, 15) is 0 Å². The van der Waals surface area contributed by atoms with Crippen LogP contribution in [0.1, 0.15) is 11.4 Å². The standard InChI is InChI=1S/C13H16N6/c1-10-4-6-18(15-10)12-8-17(3)9-13(14-12)19-7-5-11(2)16-19/h4-8H,9H2,1-3H3. The average molecular weight is 256 g/mol. The monoisotopic (exact) mass is 256 g/mol. The van der Waals surface area contributed by atoms with Gasteiger partial charge in [-0.15, -0.1) is 0 Å². The van der Waals surface area contributed by atoms with E-state index in [1.165, 1.54) is 0 Å². The summed E-state index contributed by atoms with van der Waals surface area (Å²) >= 11 is 0. The second kappa shape index (κ2) is 4.38. The molecular formula is C13H16N6. The van der Waals surface area contributed by atoms with Crippen LogP contribution in [0, 0.1) is 13.8 Å². The van der Waals surface area contributed by atoms with Gasteiger partial charge >= 0.3 is 0 Å². The fourth-order valence-electron chi connectivity index (χ4n) is 2.00. The Labute approximate surface area is 111 Å². The Morgan fingerprint density at radius 3 is 2.21 bits per heavy atom. The molecule has 0 unspecified atom stereocenters. The van der Waals surface area contributed by atoms with E-state index in [4.69, 9.17) is 0 Å². The summed E-state index contributed by atoms with van der Waals surface area (Å²) in [6, 6.07) is 3.93. The molecule has 6 heteroatoms. The molecule has 3 heterocycles. The van der Waals surface area contributed by atoms with Crippen molar-refractivity contribution in [2.45, 2.75) is 13.8 Å². The van der Waals surface area contributed by atoms with Crippen LogP contribution in [0.5, 0.6) is 0 Å². The third kappa shape index (κ3) is 2.29. The van der Waals surface area contributed by atoms with Crippen molar-refractivity contribution in [3.63, 3.8) is 0 Å². The van der Waals surface area contributed by atoms with Crippen LogP contribution in [-0.4, -0.2) is 43.9 Å². The summed E-state index contributed by atoms with van der Waals surface area (Å²) in [6.07, 6.45) is 5.82. The van der Waals surface area contributed by atoms with Crippen molar-refractivity contribution in [3.8, 4) is 0 Å². The Kier molecular flexibility index (Phi) is 2.70. The fraction of sp³-hybridized carbons (Fsp3) is 0.308. The molecule has 2 aromatic rings. The number of aliphatic imine (C=N–C) groups is 1. The number of hydrogen-bond acceptors (Lipinski definition) is 4. The lowest BCUT2D eigenvalue weighted by atomic mass is 10.4. The quantitative estimate of drug-likeness (QED) is 0.773. The summed E-state index contributed by atoms with van der Waals surface area (Å²) in [5.41, 5.74) is 1.96. The molecule has 0 spiro atoms. The van der Waals surface area contributed by atoms with E-state index < -0.39 is 0 Å². The van der Waals surface area contributed by atoms with E-state index in [-0.39, 0.29) is 0 Å². The first kappa shape index (κ1) is 11.7. The maximum atomic E-state index is 4.64. The Hall–Kier alpha value is -2.37. The van der Waals surface area contributed by atoms with Crippen molar-refractivity contribution in [2.75, 3.05) is 13.6 Å². The van der Waals surface area contributed by atoms with Crippen molar-refractivity contribution in [1.82, 2.24) is 24.5 Å². The van der Waals surface area contributed by atoms with Gasteiger partial charge in [-0.3, -0.25) is 0 Å². The van der Waals surface area contributed by atoms with Gasteiger partial charge < -0.3 is 4.90 Å². The summed E-state index contributed by atoms with van der Waals surface area (Å²) in [5.74, 6) is 1.69. The van der Waals surface area contributed by atoms with Crippen molar-refractivity contribution < 1.29 is 0 Å². The largest absolute Gasteiger partial charge is 0.370 e. The molecule has 1 aliphatic rings. The number of aromatic nitrogens is 4. The van der Waals surface area contributed by atoms with Gasteiger partial charge in [-0.05, 0) is 26.0 Å². The number of aryl methyl sites for hydroxylation is 2. The zero-order valence-electron chi connectivity index (χ0n) is 11.3. The van der Waals surface area contributed by atoms with Crippen molar-refractivity contribution in [2.24, 2.45) is 4.99 Å². The molecule has 2 aromatic heterocycles. The minimum absolute atomic E-state index is 0.727. The predicted octanol–water partition coefficient (Wildman–Crippen LogP) is 1.34. The number of likely N-dealkylation sites (N-methyl/N-ethyl adjacent to an activating group) is 1. The second-order valence-electron chi connectivity index (χ2n) is 4.73. The molecular weight excluding hydrogens is 240 g/mol. The third-order valence-corrected chi connectivity index (χ3v) is 2.91. The summed E-state index contributed by atoms with van der Waals surface area (Å²) < 4.78 is 3.59. The van der Waals surface area contributed by atoms with Crippen LogP contribution in [0.25, 0.3) is 5.82 Å². The molecule has 3 rings (SSSR count). The SMILES string of the molecule is Cc1ccn(C2=CN(C)CC(n3ccc(C)n3)=N2)n1. The zero-order valence-corrected chi connectivity index (χ0v) is 11.3. The lowest BCUT2D eigenvalue weighted by molar-refractivity contribution is 0.505.